The third-order valence-corrected chi connectivity index (χ3v) is 6.22. The molecule has 0 aromatic heterocycles. The Morgan fingerprint density at radius 3 is 2.43 bits per heavy atom. The Bertz CT molecular complexity index is 648. The normalized spacial score (nSPS) is 21.5. The van der Waals surface area contributed by atoms with Crippen molar-refractivity contribution >= 4 is 35.8 Å². The van der Waals surface area contributed by atoms with Crippen LogP contribution in [0.15, 0.2) is 24.3 Å². The molecule has 2 fully saturated rings. The van der Waals surface area contributed by atoms with E-state index >= 15 is 0 Å². The minimum absolute atomic E-state index is 0. The molecule has 0 spiro atoms. The average Bonchev–Trinajstić information content (AvgIpc) is 2.72. The topological polar surface area (TPSA) is 75.4 Å². The van der Waals surface area contributed by atoms with Gasteiger partial charge >= 0.3 is 0 Å². The number of piperidine rings is 1. The summed E-state index contributed by atoms with van der Waals surface area (Å²) in [4.78, 5) is 27.4. The summed E-state index contributed by atoms with van der Waals surface area (Å²) >= 11 is 5.90. The molecule has 2 atom stereocenters. The van der Waals surface area contributed by atoms with E-state index in [4.69, 9.17) is 17.3 Å². The van der Waals surface area contributed by atoms with Gasteiger partial charge in [0.1, 0.15) is 0 Å². The van der Waals surface area contributed by atoms with Crippen LogP contribution in [0.4, 0.5) is 0 Å². The molecule has 2 unspecified atom stereocenters. The number of nitrogens with zero attached hydrogens (tertiary/aromatic N) is 1. The van der Waals surface area contributed by atoms with E-state index in [9.17, 15) is 9.59 Å². The maximum Gasteiger partial charge on any atom is 0.253 e. The predicted molar refractivity (Wildman–Crippen MR) is 115 cm³/mol. The van der Waals surface area contributed by atoms with Gasteiger partial charge in [0.25, 0.3) is 5.91 Å². The quantitative estimate of drug-likeness (QED) is 0.752. The predicted octanol–water partition coefficient (Wildman–Crippen LogP) is 3.64. The summed E-state index contributed by atoms with van der Waals surface area (Å²) in [5, 5.41) is 3.80. The Morgan fingerprint density at radius 2 is 1.79 bits per heavy atom. The van der Waals surface area contributed by atoms with Gasteiger partial charge in [0.05, 0.1) is 5.92 Å². The highest BCUT2D eigenvalue weighted by molar-refractivity contribution is 6.30. The summed E-state index contributed by atoms with van der Waals surface area (Å²) in [5.41, 5.74) is 6.57. The zero-order valence-corrected chi connectivity index (χ0v) is 17.8. The van der Waals surface area contributed by atoms with E-state index in [1.165, 1.54) is 19.3 Å². The zero-order valence-electron chi connectivity index (χ0n) is 16.2. The minimum atomic E-state index is -0.160. The number of carbonyl (C=O) groups is 2. The van der Waals surface area contributed by atoms with E-state index in [1.807, 2.05) is 0 Å². The van der Waals surface area contributed by atoms with Gasteiger partial charge in [0.15, 0.2) is 0 Å². The Labute approximate surface area is 178 Å². The summed E-state index contributed by atoms with van der Waals surface area (Å²) in [6, 6.07) is 6.97. The number of nitrogens with two attached hydrogens (primary N) is 1. The highest BCUT2D eigenvalue weighted by Crippen LogP contribution is 2.27. The van der Waals surface area contributed by atoms with Crippen LogP contribution in [-0.2, 0) is 4.79 Å². The minimum Gasteiger partial charge on any atom is -0.352 e. The second-order valence-corrected chi connectivity index (χ2v) is 8.28. The van der Waals surface area contributed by atoms with Gasteiger partial charge in [-0.15, -0.1) is 12.4 Å². The fourth-order valence-corrected chi connectivity index (χ4v) is 4.48. The molecule has 1 saturated carbocycles. The lowest BCUT2D eigenvalue weighted by molar-refractivity contribution is -0.127. The van der Waals surface area contributed by atoms with E-state index in [1.54, 1.807) is 29.2 Å². The van der Waals surface area contributed by atoms with Crippen LogP contribution >= 0.6 is 24.0 Å². The molecule has 1 aromatic rings. The van der Waals surface area contributed by atoms with E-state index < -0.39 is 0 Å². The van der Waals surface area contributed by atoms with Gasteiger partial charge in [-0.1, -0.05) is 30.9 Å². The van der Waals surface area contributed by atoms with Crippen molar-refractivity contribution in [1.82, 2.24) is 10.2 Å². The van der Waals surface area contributed by atoms with Crippen molar-refractivity contribution in [2.75, 3.05) is 19.6 Å². The second kappa shape index (κ2) is 11.0. The SMILES string of the molecule is Cl.NCC(NC(=O)C1CCCN(C(=O)c2ccc(Cl)cc2)C1)C1CCCCC1. The van der Waals surface area contributed by atoms with Crippen LogP contribution in [0.2, 0.25) is 5.02 Å². The number of rotatable bonds is 5. The largest absolute Gasteiger partial charge is 0.352 e. The van der Waals surface area contributed by atoms with Crippen molar-refractivity contribution in [3.05, 3.63) is 34.9 Å². The fourth-order valence-electron chi connectivity index (χ4n) is 4.36. The molecule has 5 nitrogen and oxygen atoms in total. The van der Waals surface area contributed by atoms with Gasteiger partial charge in [0.2, 0.25) is 5.91 Å². The highest BCUT2D eigenvalue weighted by atomic mass is 35.5. The first-order valence-corrected chi connectivity index (χ1v) is 10.5. The first-order chi connectivity index (χ1) is 13.1. The number of hydrogen-bond donors (Lipinski definition) is 2. The van der Waals surface area contributed by atoms with Crippen molar-refractivity contribution in [3.63, 3.8) is 0 Å². The lowest BCUT2D eigenvalue weighted by atomic mass is 9.83. The van der Waals surface area contributed by atoms with E-state index in [-0.39, 0.29) is 36.2 Å². The number of likely N-dealkylation sites (tertiary alicyclic amines) is 1. The molecule has 1 heterocycles. The maximum atomic E-state index is 12.8. The molecule has 0 bridgehead atoms. The molecule has 0 radical (unpaired) electrons. The van der Waals surface area contributed by atoms with Crippen LogP contribution in [0.1, 0.15) is 55.3 Å². The van der Waals surface area contributed by atoms with Gasteiger partial charge in [0, 0.05) is 36.3 Å². The molecule has 2 amide bonds. The van der Waals surface area contributed by atoms with Crippen molar-refractivity contribution in [3.8, 4) is 0 Å². The standard InChI is InChI=1S/C21H30ClN3O2.ClH/c22-18-10-8-16(9-11-18)21(27)25-12-4-7-17(14-25)20(26)24-19(13-23)15-5-2-1-3-6-15;/h8-11,15,17,19H,1-7,12-14,23H2,(H,24,26);1H. The van der Waals surface area contributed by atoms with Crippen molar-refractivity contribution in [2.45, 2.75) is 51.0 Å². The van der Waals surface area contributed by atoms with Crippen LogP contribution in [0, 0.1) is 11.8 Å². The van der Waals surface area contributed by atoms with E-state index in [2.05, 4.69) is 5.32 Å². The van der Waals surface area contributed by atoms with Gasteiger partial charge in [-0.3, -0.25) is 9.59 Å². The third kappa shape index (κ3) is 5.85. The molecular formula is C21H31Cl2N3O2. The molecule has 1 aliphatic carbocycles. The molecule has 1 aliphatic heterocycles. The van der Waals surface area contributed by atoms with Gasteiger partial charge < -0.3 is 16.0 Å². The summed E-state index contributed by atoms with van der Waals surface area (Å²) in [6.07, 6.45) is 7.69. The highest BCUT2D eigenvalue weighted by Gasteiger charge is 2.31. The molecule has 7 heteroatoms. The lowest BCUT2D eigenvalue weighted by Gasteiger charge is -2.35. The molecule has 3 N–H and O–H groups in total. The monoisotopic (exact) mass is 427 g/mol. The number of carbonyl (C=O) groups excluding carboxylic acids is 2. The lowest BCUT2D eigenvalue weighted by Crippen LogP contribution is -2.51. The molecule has 1 saturated heterocycles. The van der Waals surface area contributed by atoms with E-state index in [0.717, 1.165) is 25.7 Å². The first-order valence-electron chi connectivity index (χ1n) is 10.1. The Hall–Kier alpha value is -1.30. The number of benzene rings is 1. The number of nitrogens with one attached hydrogen (secondary N) is 1. The Morgan fingerprint density at radius 1 is 1.11 bits per heavy atom. The molecule has 3 rings (SSSR count). The zero-order chi connectivity index (χ0) is 19.2. The van der Waals surface area contributed by atoms with Gasteiger partial charge in [-0.25, -0.2) is 0 Å². The molecule has 2 aliphatic rings. The maximum absolute atomic E-state index is 12.8. The molecule has 28 heavy (non-hydrogen) atoms. The number of amides is 2. The van der Waals surface area contributed by atoms with Gasteiger partial charge in [-0.2, -0.15) is 0 Å². The summed E-state index contributed by atoms with van der Waals surface area (Å²) in [6.45, 7) is 1.64. The van der Waals surface area contributed by atoms with Crippen molar-refractivity contribution in [2.24, 2.45) is 17.6 Å². The fraction of sp³-hybridized carbons (Fsp3) is 0.619. The van der Waals surface area contributed by atoms with Crippen LogP contribution in [0.25, 0.3) is 0 Å². The second-order valence-electron chi connectivity index (χ2n) is 7.85. The first kappa shape index (κ1) is 23.0. The summed E-state index contributed by atoms with van der Waals surface area (Å²) in [7, 11) is 0. The average molecular weight is 428 g/mol. The number of halogens is 2. The van der Waals surface area contributed by atoms with Crippen molar-refractivity contribution in [1.29, 1.82) is 0 Å². The smallest absolute Gasteiger partial charge is 0.253 e. The van der Waals surface area contributed by atoms with Gasteiger partial charge in [-0.05, 0) is 55.9 Å². The summed E-state index contributed by atoms with van der Waals surface area (Å²) < 4.78 is 0. The van der Waals surface area contributed by atoms with Crippen LogP contribution in [0.5, 0.6) is 0 Å². The van der Waals surface area contributed by atoms with E-state index in [0.29, 0.717) is 36.1 Å². The van der Waals surface area contributed by atoms with Crippen LogP contribution in [0.3, 0.4) is 0 Å². The Balaban J connectivity index is 0.00000280. The molecular weight excluding hydrogens is 397 g/mol. The Kier molecular flexibility index (Phi) is 9.06. The van der Waals surface area contributed by atoms with Crippen molar-refractivity contribution < 1.29 is 9.59 Å². The molecule has 156 valence electrons. The van der Waals surface area contributed by atoms with Crippen LogP contribution in [-0.4, -0.2) is 42.4 Å². The van der Waals surface area contributed by atoms with Crippen LogP contribution < -0.4 is 11.1 Å². The third-order valence-electron chi connectivity index (χ3n) is 5.97. The number of hydrogen-bond acceptors (Lipinski definition) is 3. The summed E-state index contributed by atoms with van der Waals surface area (Å²) in [5.74, 6) is 0.340. The molecule has 1 aromatic carbocycles.